The molecule has 2 aromatic carbocycles. The molecule has 0 fully saturated rings. The molecule has 0 aliphatic rings. The lowest BCUT2D eigenvalue weighted by Crippen LogP contribution is -2.30. The van der Waals surface area contributed by atoms with E-state index in [0.717, 1.165) is 16.9 Å². The zero-order valence-corrected chi connectivity index (χ0v) is 16.1. The van der Waals surface area contributed by atoms with Crippen molar-refractivity contribution in [3.05, 3.63) is 71.3 Å². The summed E-state index contributed by atoms with van der Waals surface area (Å²) in [7, 11) is 2.97. The second kappa shape index (κ2) is 9.57. The second-order valence-corrected chi connectivity index (χ2v) is 6.45. The van der Waals surface area contributed by atoms with Crippen molar-refractivity contribution in [1.82, 2.24) is 5.32 Å². The Kier molecular flexibility index (Phi) is 7.17. The highest BCUT2D eigenvalue weighted by molar-refractivity contribution is 5.92. The molecule has 0 unspecified atom stereocenters. The lowest BCUT2D eigenvalue weighted by molar-refractivity contribution is -0.117. The van der Waals surface area contributed by atoms with Crippen LogP contribution in [0.5, 0.6) is 5.75 Å². The predicted molar refractivity (Wildman–Crippen MR) is 106 cm³/mol. The van der Waals surface area contributed by atoms with Crippen LogP contribution in [0.2, 0.25) is 0 Å². The Balaban J connectivity index is 2.04. The monoisotopic (exact) mass is 367 g/mol. The van der Waals surface area contributed by atoms with E-state index in [1.54, 1.807) is 37.5 Å². The fourth-order valence-corrected chi connectivity index (χ4v) is 2.67. The molecule has 1 N–H and O–H groups in total. The summed E-state index contributed by atoms with van der Waals surface area (Å²) in [6, 6.07) is 14.4. The Hall–Kier alpha value is -3.08. The Labute approximate surface area is 160 Å². The van der Waals surface area contributed by atoms with Gasteiger partial charge in [-0.1, -0.05) is 38.1 Å². The summed E-state index contributed by atoms with van der Waals surface area (Å²) in [5.41, 5.74) is 2.32. The van der Waals surface area contributed by atoms with Gasteiger partial charge in [0.1, 0.15) is 5.75 Å². The zero-order valence-electron chi connectivity index (χ0n) is 16.1. The average Bonchev–Trinajstić information content (AvgIpc) is 2.70. The first-order valence-electron chi connectivity index (χ1n) is 8.75. The molecule has 2 aromatic rings. The van der Waals surface area contributed by atoms with E-state index in [9.17, 15) is 9.59 Å². The number of esters is 1. The van der Waals surface area contributed by atoms with Crippen molar-refractivity contribution in [3.8, 4) is 5.75 Å². The van der Waals surface area contributed by atoms with E-state index in [2.05, 4.69) is 23.9 Å². The number of hydrogen-bond acceptors (Lipinski definition) is 4. The number of methoxy groups -OCH3 is 2. The van der Waals surface area contributed by atoms with Crippen LogP contribution < -0.4 is 10.1 Å². The lowest BCUT2D eigenvalue weighted by atomic mass is 9.96. The van der Waals surface area contributed by atoms with Crippen LogP contribution in [-0.4, -0.2) is 26.1 Å². The number of rotatable bonds is 7. The molecule has 5 heteroatoms. The van der Waals surface area contributed by atoms with Gasteiger partial charge in [0.05, 0.1) is 25.8 Å². The smallest absolute Gasteiger partial charge is 0.337 e. The number of hydrogen-bond donors (Lipinski definition) is 1. The fraction of sp³-hybridized carbons (Fsp3) is 0.273. The van der Waals surface area contributed by atoms with Crippen molar-refractivity contribution in [1.29, 1.82) is 0 Å². The van der Waals surface area contributed by atoms with Gasteiger partial charge < -0.3 is 14.8 Å². The molecule has 0 heterocycles. The van der Waals surface area contributed by atoms with Crippen molar-refractivity contribution < 1.29 is 19.1 Å². The number of carbonyl (C=O) groups excluding carboxylic acids is 2. The summed E-state index contributed by atoms with van der Waals surface area (Å²) < 4.78 is 9.85. The highest BCUT2D eigenvalue weighted by Crippen LogP contribution is 2.24. The van der Waals surface area contributed by atoms with Crippen LogP contribution in [0, 0.1) is 5.92 Å². The number of carbonyl (C=O) groups is 2. The lowest BCUT2D eigenvalue weighted by Gasteiger charge is -2.22. The molecule has 27 heavy (non-hydrogen) atoms. The number of benzene rings is 2. The molecule has 5 nitrogen and oxygen atoms in total. The van der Waals surface area contributed by atoms with Crippen LogP contribution >= 0.6 is 0 Å². The SMILES string of the molecule is COC(=O)c1ccc(/C=C/C(=O)N[C@@H](c2ccc(OC)cc2)C(C)C)cc1. The summed E-state index contributed by atoms with van der Waals surface area (Å²) >= 11 is 0. The third-order valence-corrected chi connectivity index (χ3v) is 4.20. The van der Waals surface area contributed by atoms with Gasteiger partial charge >= 0.3 is 5.97 Å². The second-order valence-electron chi connectivity index (χ2n) is 6.45. The summed E-state index contributed by atoms with van der Waals surface area (Å²) in [4.78, 5) is 23.8. The molecule has 0 aliphatic heterocycles. The van der Waals surface area contributed by atoms with Crippen LogP contribution in [0.3, 0.4) is 0 Å². The van der Waals surface area contributed by atoms with Crippen molar-refractivity contribution in [2.24, 2.45) is 5.92 Å². The molecule has 1 amide bonds. The van der Waals surface area contributed by atoms with Crippen LogP contribution in [0.4, 0.5) is 0 Å². The number of ether oxygens (including phenoxy) is 2. The Morgan fingerprint density at radius 3 is 2.11 bits per heavy atom. The molecule has 0 saturated carbocycles. The van der Waals surface area contributed by atoms with Gasteiger partial charge in [-0.05, 0) is 47.4 Å². The van der Waals surface area contributed by atoms with E-state index in [1.165, 1.54) is 13.2 Å². The van der Waals surface area contributed by atoms with Crippen LogP contribution in [0.1, 0.15) is 41.4 Å². The van der Waals surface area contributed by atoms with E-state index < -0.39 is 0 Å². The minimum Gasteiger partial charge on any atom is -0.497 e. The standard InChI is InChI=1S/C22H25NO4/c1-15(2)21(17-10-12-19(26-3)13-11-17)23-20(24)14-7-16-5-8-18(9-6-16)22(25)27-4/h5-15,21H,1-4H3,(H,23,24)/b14-7+/t21-/m1/s1. The molecule has 0 aromatic heterocycles. The zero-order chi connectivity index (χ0) is 19.8. The van der Waals surface area contributed by atoms with Gasteiger partial charge in [0, 0.05) is 6.08 Å². The van der Waals surface area contributed by atoms with Crippen LogP contribution in [0.15, 0.2) is 54.6 Å². The largest absolute Gasteiger partial charge is 0.497 e. The highest BCUT2D eigenvalue weighted by Gasteiger charge is 2.17. The highest BCUT2D eigenvalue weighted by atomic mass is 16.5. The quantitative estimate of drug-likeness (QED) is 0.593. The topological polar surface area (TPSA) is 64.6 Å². The van der Waals surface area contributed by atoms with E-state index in [1.807, 2.05) is 24.3 Å². The molecule has 142 valence electrons. The molecule has 0 radical (unpaired) electrons. The minimum absolute atomic E-state index is 0.102. The first kappa shape index (κ1) is 20.2. The molecule has 0 spiro atoms. The van der Waals surface area contributed by atoms with Crippen molar-refractivity contribution in [3.63, 3.8) is 0 Å². The summed E-state index contributed by atoms with van der Waals surface area (Å²) in [5.74, 6) is 0.446. The summed E-state index contributed by atoms with van der Waals surface area (Å²) in [5, 5.41) is 3.04. The first-order chi connectivity index (χ1) is 12.9. The van der Waals surface area contributed by atoms with Crippen LogP contribution in [-0.2, 0) is 9.53 Å². The minimum atomic E-state index is -0.387. The number of nitrogens with one attached hydrogen (secondary N) is 1. The van der Waals surface area contributed by atoms with Gasteiger partial charge in [-0.25, -0.2) is 4.79 Å². The molecule has 0 aliphatic carbocycles. The Morgan fingerprint density at radius 1 is 0.963 bits per heavy atom. The van der Waals surface area contributed by atoms with Crippen molar-refractivity contribution in [2.75, 3.05) is 14.2 Å². The third-order valence-electron chi connectivity index (χ3n) is 4.20. The molecular weight excluding hydrogens is 342 g/mol. The van der Waals surface area contributed by atoms with Crippen molar-refractivity contribution in [2.45, 2.75) is 19.9 Å². The third kappa shape index (κ3) is 5.71. The maximum atomic E-state index is 12.4. The molecule has 0 bridgehead atoms. The molecule has 1 atom stereocenters. The van der Waals surface area contributed by atoms with Gasteiger partial charge in [0.2, 0.25) is 5.91 Å². The van der Waals surface area contributed by atoms with Crippen LogP contribution in [0.25, 0.3) is 6.08 Å². The Morgan fingerprint density at radius 2 is 1.59 bits per heavy atom. The first-order valence-corrected chi connectivity index (χ1v) is 8.75. The molecule has 0 saturated heterocycles. The summed E-state index contributed by atoms with van der Waals surface area (Å²) in [6.07, 6.45) is 3.20. The molecule has 2 rings (SSSR count). The van der Waals surface area contributed by atoms with E-state index in [4.69, 9.17) is 4.74 Å². The molecular formula is C22H25NO4. The maximum Gasteiger partial charge on any atom is 0.337 e. The van der Waals surface area contributed by atoms with E-state index >= 15 is 0 Å². The van der Waals surface area contributed by atoms with Gasteiger partial charge in [-0.3, -0.25) is 4.79 Å². The average molecular weight is 367 g/mol. The maximum absolute atomic E-state index is 12.4. The van der Waals surface area contributed by atoms with Gasteiger partial charge in [0.15, 0.2) is 0 Å². The van der Waals surface area contributed by atoms with Gasteiger partial charge in [0.25, 0.3) is 0 Å². The van der Waals surface area contributed by atoms with E-state index in [0.29, 0.717) is 5.56 Å². The predicted octanol–water partition coefficient (Wildman–Crippen LogP) is 4.01. The normalized spacial score (nSPS) is 12.0. The fourth-order valence-electron chi connectivity index (χ4n) is 2.67. The number of amides is 1. The van der Waals surface area contributed by atoms with Gasteiger partial charge in [-0.2, -0.15) is 0 Å². The Bertz CT molecular complexity index is 792. The van der Waals surface area contributed by atoms with Gasteiger partial charge in [-0.15, -0.1) is 0 Å². The van der Waals surface area contributed by atoms with Crippen molar-refractivity contribution >= 4 is 18.0 Å². The van der Waals surface area contributed by atoms with E-state index in [-0.39, 0.29) is 23.8 Å². The summed E-state index contributed by atoms with van der Waals surface area (Å²) in [6.45, 7) is 4.12.